The molecule has 9 aliphatic rings. The van der Waals surface area contributed by atoms with Gasteiger partial charge < -0.3 is 50.8 Å². The summed E-state index contributed by atoms with van der Waals surface area (Å²) < 4.78 is 144. The molecule has 0 aromatic carbocycles. The van der Waals surface area contributed by atoms with Crippen LogP contribution in [0.4, 0.5) is 57.0 Å². The van der Waals surface area contributed by atoms with E-state index in [9.17, 15) is 39.5 Å². The largest absolute Gasteiger partial charge is 0.573 e. The Labute approximate surface area is 559 Å². The van der Waals surface area contributed by atoms with E-state index < -0.39 is 47.2 Å². The van der Waals surface area contributed by atoms with Crippen LogP contribution in [0.15, 0.2) is 55.0 Å². The average Bonchev–Trinajstić information content (AvgIpc) is 1.57. The molecule has 3 saturated heterocycles. The van der Waals surface area contributed by atoms with E-state index in [1.54, 1.807) is 0 Å². The van der Waals surface area contributed by atoms with Gasteiger partial charge in [0.2, 0.25) is 0 Å². The van der Waals surface area contributed by atoms with Crippen molar-refractivity contribution in [1.82, 2.24) is 59.0 Å². The van der Waals surface area contributed by atoms with Crippen LogP contribution in [-0.4, -0.2) is 164 Å². The Kier molecular flexibility index (Phi) is 18.8. The lowest BCUT2D eigenvalue weighted by Crippen LogP contribution is -2.42. The van der Waals surface area contributed by atoms with E-state index in [1.807, 2.05) is 32.2 Å². The van der Waals surface area contributed by atoms with E-state index in [0.717, 1.165) is 88.5 Å². The number of aromatic nitrogens is 9. The molecule has 6 aromatic heterocycles. The van der Waals surface area contributed by atoms with Crippen molar-refractivity contribution in [3.05, 3.63) is 83.2 Å². The quantitative estimate of drug-likeness (QED) is 0.0643. The molecule has 6 unspecified atom stereocenters. The lowest BCUT2D eigenvalue weighted by Gasteiger charge is -2.34. The van der Waals surface area contributed by atoms with Crippen LogP contribution in [0.5, 0.6) is 5.75 Å². The monoisotopic (exact) mass is 1360 g/mol. The highest BCUT2D eigenvalue weighted by molar-refractivity contribution is 5.66. The topological polar surface area (TPSA) is 217 Å². The molecule has 0 radical (unpaired) electrons. The number of ether oxygens (including phenoxy) is 4. The molecule has 9 fully saturated rings. The zero-order valence-electron chi connectivity index (χ0n) is 56.3. The van der Waals surface area contributed by atoms with Crippen LogP contribution in [0, 0.1) is 53.3 Å². The zero-order chi connectivity index (χ0) is 69.1. The number of anilines is 3. The Bertz CT molecular complexity index is 3590. The number of hydrogen-bond donors (Lipinski definition) is 3. The summed E-state index contributed by atoms with van der Waals surface area (Å²) in [6, 6.07) is 11.5. The normalized spacial score (nSPS) is 27.5. The molecule has 6 N–H and O–H groups in total. The molecule has 12 atom stereocenters. The number of nitrogens with zero attached hydrogens (tertiary/aromatic N) is 12. The highest BCUT2D eigenvalue weighted by Crippen LogP contribution is 2.66. The molecule has 9 heterocycles. The Morgan fingerprint density at radius 1 is 0.443 bits per heavy atom. The molecule has 15 rings (SSSR count). The van der Waals surface area contributed by atoms with Crippen molar-refractivity contribution < 1.29 is 58.5 Å². The smallest absolute Gasteiger partial charge is 0.402 e. The third-order valence-corrected chi connectivity index (χ3v) is 22.1. The molecule has 6 aliphatic carbocycles. The lowest BCUT2D eigenvalue weighted by atomic mass is 10.0. The molecular formula is C69H90F9N15O4. The van der Waals surface area contributed by atoms with Crippen molar-refractivity contribution in [3.8, 4) is 39.5 Å². The van der Waals surface area contributed by atoms with Gasteiger partial charge in [-0.15, -0.1) is 13.2 Å². The molecule has 19 nitrogen and oxygen atoms in total. The number of halogens is 9. The summed E-state index contributed by atoms with van der Waals surface area (Å²) in [5.41, 5.74) is 20.9. The van der Waals surface area contributed by atoms with Crippen LogP contribution in [0.3, 0.4) is 0 Å². The van der Waals surface area contributed by atoms with Crippen molar-refractivity contribution in [2.24, 2.45) is 53.3 Å². The second-order valence-corrected chi connectivity index (χ2v) is 29.9. The van der Waals surface area contributed by atoms with Crippen molar-refractivity contribution in [2.45, 2.75) is 153 Å². The van der Waals surface area contributed by atoms with Crippen molar-refractivity contribution in [2.75, 3.05) is 97.6 Å². The second-order valence-electron chi connectivity index (χ2n) is 29.9. The predicted octanol–water partition coefficient (Wildman–Crippen LogP) is 12.5. The molecule has 28 heteroatoms. The summed E-state index contributed by atoms with van der Waals surface area (Å²) in [4.78, 5) is 18.9. The minimum atomic E-state index is -4.84. The first-order valence-electron chi connectivity index (χ1n) is 34.2. The summed E-state index contributed by atoms with van der Waals surface area (Å²) >= 11 is 0. The second kappa shape index (κ2) is 26.5. The summed E-state index contributed by atoms with van der Waals surface area (Å²) in [7, 11) is 6.64. The molecule has 528 valence electrons. The van der Waals surface area contributed by atoms with Gasteiger partial charge in [0.15, 0.2) is 11.6 Å². The molecule has 6 aromatic rings. The van der Waals surface area contributed by atoms with Crippen LogP contribution < -0.4 is 21.9 Å². The van der Waals surface area contributed by atoms with Gasteiger partial charge in [0.1, 0.15) is 11.6 Å². The fourth-order valence-electron chi connectivity index (χ4n) is 16.8. The third kappa shape index (κ3) is 14.5. The van der Waals surface area contributed by atoms with Gasteiger partial charge in [-0.05, 0) is 173 Å². The summed E-state index contributed by atoms with van der Waals surface area (Å²) in [6.45, 7) is 20.9. The van der Waals surface area contributed by atoms with Gasteiger partial charge in [0.05, 0.1) is 67.8 Å². The summed E-state index contributed by atoms with van der Waals surface area (Å²) in [5.74, 6) is 5.20. The predicted molar refractivity (Wildman–Crippen MR) is 346 cm³/mol. The van der Waals surface area contributed by atoms with E-state index >= 15 is 0 Å². The molecule has 0 amide bonds. The Balaban J connectivity index is 0.000000131. The minimum absolute atomic E-state index is 0.126. The minimum Gasteiger partial charge on any atom is -0.402 e. The first-order valence-corrected chi connectivity index (χ1v) is 34.2. The molecular weight excluding hydrogens is 1270 g/mol. The maximum Gasteiger partial charge on any atom is 0.573 e. The van der Waals surface area contributed by atoms with Gasteiger partial charge in [-0.2, -0.15) is 41.6 Å². The molecule has 97 heavy (non-hydrogen) atoms. The molecule has 6 saturated carbocycles. The SMILES string of the molecule is CC(C)n1nc(-c2cnc(N)c(C(F)(F)F)c2)cc1C1[C@H]2CC(N(C)CC3COC3)C[C@@H]12.CC(C)n1nc(-c2cnc(N)c(C(F)(F)F)c2)cc1C1[C@H]2CC(N(C)CC3COC3)C[C@@H]12.CC(C)n1nc(-c2cnc(N)c(OC(F)(F)F)c2)cc1C1[C@H]2CC(N(C)CC3COC3)C[C@@H]12. The van der Waals surface area contributed by atoms with Crippen LogP contribution in [0.2, 0.25) is 0 Å². The number of fused-ring (bicyclic) bond motifs is 3. The maximum atomic E-state index is 13.3. The average molecular weight is 1360 g/mol. The Morgan fingerprint density at radius 2 is 0.722 bits per heavy atom. The van der Waals surface area contributed by atoms with Crippen molar-refractivity contribution >= 4 is 17.5 Å². The molecule has 3 aliphatic heterocycles. The number of rotatable bonds is 19. The van der Waals surface area contributed by atoms with Gasteiger partial charge in [-0.1, -0.05) is 0 Å². The lowest BCUT2D eigenvalue weighted by molar-refractivity contribution is -0.274. The number of hydrogen-bond acceptors (Lipinski definition) is 16. The molecule has 0 spiro atoms. The third-order valence-electron chi connectivity index (χ3n) is 22.1. The van der Waals surface area contributed by atoms with Crippen LogP contribution in [-0.2, 0) is 26.6 Å². The number of nitrogen functional groups attached to an aromatic ring is 3. The number of alkyl halides is 9. The number of pyridine rings is 3. The van der Waals surface area contributed by atoms with Gasteiger partial charge in [0, 0.05) is 144 Å². The number of nitrogens with two attached hydrogens (primary N) is 3. The van der Waals surface area contributed by atoms with Crippen LogP contribution in [0.25, 0.3) is 33.8 Å². The van der Waals surface area contributed by atoms with Gasteiger partial charge in [0.25, 0.3) is 0 Å². The van der Waals surface area contributed by atoms with E-state index in [-0.39, 0.29) is 23.9 Å². The standard InChI is InChI=1S/C23H30F3N5O2.2C23H30F3N5O/c1-12(2)31-19(21-16-5-15(6-17(16)21)30(3)9-13-10-32-11-13)7-18(29-31)14-4-20(22(27)28-8-14)33-23(24,25)26;2*1-12(2)31-20(7-19(29-31)14-4-18(23(24,25)26)22(27)28-8-14)21-16-5-15(6-17(16)21)30(3)9-13-10-32-11-13/h4,7-8,12-13,15-17,21H,5-6,9-11H2,1-3H3,(H2,27,28);2*4,7-8,12-13,15-17,21H,5-6,9-11H2,1-3H3,(H2,27,28)/t3*15?,16-,17+,21?. The van der Waals surface area contributed by atoms with E-state index in [4.69, 9.17) is 36.5 Å². The van der Waals surface area contributed by atoms with E-state index in [0.29, 0.717) is 123 Å². The Morgan fingerprint density at radius 3 is 0.969 bits per heavy atom. The van der Waals surface area contributed by atoms with E-state index in [1.165, 1.54) is 63.2 Å². The van der Waals surface area contributed by atoms with E-state index in [2.05, 4.69) is 107 Å². The van der Waals surface area contributed by atoms with Gasteiger partial charge >= 0.3 is 18.7 Å². The molecule has 0 bridgehead atoms. The highest BCUT2D eigenvalue weighted by atomic mass is 19.4. The first kappa shape index (κ1) is 68.9. The summed E-state index contributed by atoms with van der Waals surface area (Å²) in [6.07, 6.45) is -2.72. The first-order chi connectivity index (χ1) is 45.9. The van der Waals surface area contributed by atoms with Gasteiger partial charge in [-0.3, -0.25) is 14.0 Å². The van der Waals surface area contributed by atoms with Crippen molar-refractivity contribution in [3.63, 3.8) is 0 Å². The fraction of sp³-hybridized carbons (Fsp3) is 0.652. The maximum absolute atomic E-state index is 13.3. The fourth-order valence-corrected chi connectivity index (χ4v) is 16.8. The summed E-state index contributed by atoms with van der Waals surface area (Å²) in [5, 5.41) is 14.1. The van der Waals surface area contributed by atoms with Gasteiger partial charge in [-0.25, -0.2) is 15.0 Å². The Hall–Kier alpha value is -6.59. The van der Waals surface area contributed by atoms with Crippen molar-refractivity contribution in [1.29, 1.82) is 0 Å². The van der Waals surface area contributed by atoms with Crippen LogP contribution in [0.1, 0.15) is 144 Å². The zero-order valence-corrected chi connectivity index (χ0v) is 56.3. The van der Waals surface area contributed by atoms with Crippen LogP contribution >= 0.6 is 0 Å². The highest BCUT2D eigenvalue weighted by Gasteiger charge is 2.61.